The lowest BCUT2D eigenvalue weighted by molar-refractivity contribution is 0.0766. The Morgan fingerprint density at radius 2 is 2.00 bits per heavy atom. The molecule has 1 amide bonds. The van der Waals surface area contributed by atoms with Crippen molar-refractivity contribution in [2.45, 2.75) is 13.1 Å². The molecule has 1 aliphatic heterocycles. The van der Waals surface area contributed by atoms with Crippen LogP contribution in [0.2, 0.25) is 5.02 Å². The molecule has 2 aromatic rings. The van der Waals surface area contributed by atoms with Gasteiger partial charge in [-0.3, -0.25) is 4.79 Å². The minimum absolute atomic E-state index is 0.0913. The molecule has 1 aliphatic rings. The highest BCUT2D eigenvalue weighted by atomic mass is 35.5. The summed E-state index contributed by atoms with van der Waals surface area (Å²) in [5.41, 5.74) is 1.89. The Morgan fingerprint density at radius 1 is 1.29 bits per heavy atom. The quantitative estimate of drug-likeness (QED) is 0.852. The molecule has 5 heteroatoms. The molecule has 2 aromatic carbocycles. The van der Waals surface area contributed by atoms with Crippen LogP contribution in [0.5, 0.6) is 0 Å². The molecular weight excluding hydrogens is 291 g/mol. The number of nitriles is 1. The van der Waals surface area contributed by atoms with Crippen LogP contribution in [0.3, 0.4) is 0 Å². The molecule has 0 aliphatic carbocycles. The lowest BCUT2D eigenvalue weighted by atomic mass is 10.0. The van der Waals surface area contributed by atoms with Crippen molar-refractivity contribution in [2.24, 2.45) is 0 Å². The first-order chi connectivity index (χ1) is 10.1. The van der Waals surface area contributed by atoms with Gasteiger partial charge in [-0.15, -0.1) is 0 Å². The van der Waals surface area contributed by atoms with Gasteiger partial charge in [0.1, 0.15) is 11.9 Å². The molecule has 0 bridgehead atoms. The first-order valence-electron chi connectivity index (χ1n) is 6.34. The number of carbonyl (C=O) groups is 1. The number of nitrogens with zero attached hydrogens (tertiary/aromatic N) is 2. The summed E-state index contributed by atoms with van der Waals surface area (Å²) in [6, 6.07) is 11.5. The smallest absolute Gasteiger partial charge is 0.256 e. The third-order valence-electron chi connectivity index (χ3n) is 3.45. The van der Waals surface area contributed by atoms with Gasteiger partial charge in [-0.25, -0.2) is 4.39 Å². The van der Waals surface area contributed by atoms with Crippen LogP contribution in [-0.4, -0.2) is 10.8 Å². The van der Waals surface area contributed by atoms with Crippen molar-refractivity contribution < 1.29 is 9.18 Å². The van der Waals surface area contributed by atoms with Gasteiger partial charge in [-0.1, -0.05) is 23.7 Å². The van der Waals surface area contributed by atoms with E-state index in [-0.39, 0.29) is 11.5 Å². The number of halogens is 2. The minimum Gasteiger partial charge on any atom is -0.330 e. The Kier molecular flexibility index (Phi) is 3.36. The summed E-state index contributed by atoms with van der Waals surface area (Å²) < 4.78 is 13.4. The number of fused-ring (bicyclic) bond motifs is 1. The summed E-state index contributed by atoms with van der Waals surface area (Å²) >= 11 is 5.83. The predicted octanol–water partition coefficient (Wildman–Crippen LogP) is 3.51. The molecule has 3 rings (SSSR count). The first kappa shape index (κ1) is 13.6. The average molecular weight is 301 g/mol. The van der Waals surface area contributed by atoms with E-state index < -0.39 is 5.82 Å². The third kappa shape index (κ3) is 2.48. The second kappa shape index (κ2) is 5.19. The molecule has 0 fully saturated rings. The topological polar surface area (TPSA) is 44.1 Å². The highest BCUT2D eigenvalue weighted by molar-refractivity contribution is 6.30. The van der Waals surface area contributed by atoms with Crippen molar-refractivity contribution in [1.29, 1.82) is 5.26 Å². The van der Waals surface area contributed by atoms with Crippen LogP contribution in [0, 0.1) is 17.1 Å². The van der Waals surface area contributed by atoms with Crippen LogP contribution < -0.4 is 0 Å². The predicted molar refractivity (Wildman–Crippen MR) is 76.1 cm³/mol. The zero-order valence-electron chi connectivity index (χ0n) is 10.9. The maximum Gasteiger partial charge on any atom is 0.256 e. The average Bonchev–Trinajstić information content (AvgIpc) is 2.77. The molecule has 3 nitrogen and oxygen atoms in total. The molecule has 21 heavy (non-hydrogen) atoms. The summed E-state index contributed by atoms with van der Waals surface area (Å²) in [7, 11) is 0. The molecule has 0 saturated heterocycles. The van der Waals surface area contributed by atoms with Gasteiger partial charge in [0.25, 0.3) is 5.91 Å². The van der Waals surface area contributed by atoms with Crippen molar-refractivity contribution in [3.63, 3.8) is 0 Å². The maximum absolute atomic E-state index is 13.4. The number of benzene rings is 2. The lowest BCUT2D eigenvalue weighted by Crippen LogP contribution is -2.23. The molecule has 0 spiro atoms. The van der Waals surface area contributed by atoms with Gasteiger partial charge in [-0.05, 0) is 35.4 Å². The second-order valence-electron chi connectivity index (χ2n) is 4.89. The Morgan fingerprint density at radius 3 is 2.67 bits per heavy atom. The van der Waals surface area contributed by atoms with Gasteiger partial charge in [0.05, 0.1) is 11.1 Å². The molecule has 0 unspecified atom stereocenters. The molecule has 0 radical (unpaired) electrons. The monoisotopic (exact) mass is 300 g/mol. The highest BCUT2D eigenvalue weighted by Gasteiger charge is 2.30. The first-order valence-corrected chi connectivity index (χ1v) is 6.72. The van der Waals surface area contributed by atoms with Crippen molar-refractivity contribution >= 4 is 17.5 Å². The van der Waals surface area contributed by atoms with Crippen LogP contribution in [0.4, 0.5) is 4.39 Å². The third-order valence-corrected chi connectivity index (χ3v) is 3.71. The standard InChI is InChI=1S/C16H10ClFN2O/c17-13-3-1-10(2-4-13)8-20-9-12-6-14(18)5-11(7-19)15(12)16(20)21/h1-6H,8-9H2. The van der Waals surface area contributed by atoms with Crippen LogP contribution in [0.25, 0.3) is 0 Å². The fourth-order valence-corrected chi connectivity index (χ4v) is 2.63. The van der Waals surface area contributed by atoms with Crippen LogP contribution in [0.1, 0.15) is 27.0 Å². The van der Waals surface area contributed by atoms with E-state index in [1.165, 1.54) is 6.07 Å². The Balaban J connectivity index is 1.90. The van der Waals surface area contributed by atoms with E-state index in [9.17, 15) is 9.18 Å². The Labute approximate surface area is 126 Å². The van der Waals surface area contributed by atoms with Gasteiger partial charge in [-0.2, -0.15) is 5.26 Å². The fraction of sp³-hybridized carbons (Fsp3) is 0.125. The van der Waals surface area contributed by atoms with E-state index in [1.54, 1.807) is 17.0 Å². The minimum atomic E-state index is -0.494. The van der Waals surface area contributed by atoms with E-state index in [1.807, 2.05) is 18.2 Å². The summed E-state index contributed by atoms with van der Waals surface area (Å²) in [6.07, 6.45) is 0. The fourth-order valence-electron chi connectivity index (χ4n) is 2.50. The van der Waals surface area contributed by atoms with E-state index in [4.69, 9.17) is 16.9 Å². The molecule has 1 heterocycles. The highest BCUT2D eigenvalue weighted by Crippen LogP contribution is 2.28. The number of carbonyl (C=O) groups excluding carboxylic acids is 1. The van der Waals surface area contributed by atoms with Crippen molar-refractivity contribution in [3.8, 4) is 6.07 Å². The van der Waals surface area contributed by atoms with Gasteiger partial charge in [0.2, 0.25) is 0 Å². The summed E-state index contributed by atoms with van der Waals surface area (Å²) in [5, 5.41) is 9.68. The van der Waals surface area contributed by atoms with Crippen LogP contribution in [-0.2, 0) is 13.1 Å². The number of hydrogen-bond acceptors (Lipinski definition) is 2. The zero-order chi connectivity index (χ0) is 15.0. The van der Waals surface area contributed by atoms with E-state index in [0.29, 0.717) is 29.2 Å². The Hall–Kier alpha value is -2.38. The molecule has 0 atom stereocenters. The zero-order valence-corrected chi connectivity index (χ0v) is 11.7. The van der Waals surface area contributed by atoms with Crippen molar-refractivity contribution in [1.82, 2.24) is 4.90 Å². The summed E-state index contributed by atoms with van der Waals surface area (Å²) in [4.78, 5) is 14.0. The van der Waals surface area contributed by atoms with Crippen LogP contribution >= 0.6 is 11.6 Å². The van der Waals surface area contributed by atoms with Crippen LogP contribution in [0.15, 0.2) is 36.4 Å². The van der Waals surface area contributed by atoms with E-state index in [2.05, 4.69) is 0 Å². The summed E-state index contributed by atoms with van der Waals surface area (Å²) in [6.45, 7) is 0.709. The van der Waals surface area contributed by atoms with Crippen molar-refractivity contribution in [3.05, 3.63) is 69.5 Å². The molecule has 0 aromatic heterocycles. The van der Waals surface area contributed by atoms with Crippen molar-refractivity contribution in [2.75, 3.05) is 0 Å². The van der Waals surface area contributed by atoms with Gasteiger partial charge >= 0.3 is 0 Å². The second-order valence-corrected chi connectivity index (χ2v) is 5.32. The summed E-state index contributed by atoms with van der Waals surface area (Å²) in [5.74, 6) is -0.733. The lowest BCUT2D eigenvalue weighted by Gasteiger charge is -2.15. The SMILES string of the molecule is N#Cc1cc(F)cc2c1C(=O)N(Cc1ccc(Cl)cc1)C2. The largest absolute Gasteiger partial charge is 0.330 e. The van der Waals surface area contributed by atoms with Gasteiger partial charge in [0.15, 0.2) is 0 Å². The molecule has 104 valence electrons. The maximum atomic E-state index is 13.4. The van der Waals surface area contributed by atoms with Gasteiger partial charge < -0.3 is 4.90 Å². The molecule has 0 saturated carbocycles. The number of rotatable bonds is 2. The molecular formula is C16H10ClFN2O. The number of hydrogen-bond donors (Lipinski definition) is 0. The normalized spacial score (nSPS) is 13.2. The molecule has 0 N–H and O–H groups in total. The van der Waals surface area contributed by atoms with Gasteiger partial charge in [0, 0.05) is 18.1 Å². The van der Waals surface area contributed by atoms with E-state index >= 15 is 0 Å². The number of amides is 1. The van der Waals surface area contributed by atoms with E-state index in [0.717, 1.165) is 11.6 Å². The Bertz CT molecular complexity index is 765.